The van der Waals surface area contributed by atoms with E-state index < -0.39 is 0 Å². The zero-order valence-corrected chi connectivity index (χ0v) is 12.3. The highest BCUT2D eigenvalue weighted by atomic mass is 16.5. The normalized spacial score (nSPS) is 12.1. The SMILES string of the molecule is C=CCC(C)NCc1ccc(OCCCCC)cc1. The number of hydrogen-bond donors (Lipinski definition) is 1. The monoisotopic (exact) mass is 261 g/mol. The first-order chi connectivity index (χ1) is 9.26. The van der Waals surface area contributed by atoms with E-state index in [4.69, 9.17) is 4.74 Å². The lowest BCUT2D eigenvalue weighted by molar-refractivity contribution is 0.306. The van der Waals surface area contributed by atoms with Gasteiger partial charge in [0.1, 0.15) is 5.75 Å². The molecule has 0 bridgehead atoms. The van der Waals surface area contributed by atoms with E-state index in [9.17, 15) is 0 Å². The molecule has 0 aromatic heterocycles. The van der Waals surface area contributed by atoms with Crippen LogP contribution >= 0.6 is 0 Å². The van der Waals surface area contributed by atoms with E-state index >= 15 is 0 Å². The lowest BCUT2D eigenvalue weighted by Crippen LogP contribution is -2.24. The molecule has 1 aromatic carbocycles. The molecule has 0 aliphatic heterocycles. The Labute approximate surface area is 117 Å². The Morgan fingerprint density at radius 1 is 1.26 bits per heavy atom. The van der Waals surface area contributed by atoms with Gasteiger partial charge in [0.15, 0.2) is 0 Å². The molecular weight excluding hydrogens is 234 g/mol. The molecule has 1 atom stereocenters. The lowest BCUT2D eigenvalue weighted by atomic mass is 10.2. The van der Waals surface area contributed by atoms with Crippen LogP contribution in [0.15, 0.2) is 36.9 Å². The molecule has 2 nitrogen and oxygen atoms in total. The zero-order valence-electron chi connectivity index (χ0n) is 12.3. The molecule has 0 radical (unpaired) electrons. The summed E-state index contributed by atoms with van der Waals surface area (Å²) in [5.74, 6) is 0.971. The van der Waals surface area contributed by atoms with Crippen LogP contribution in [0.3, 0.4) is 0 Å². The van der Waals surface area contributed by atoms with Gasteiger partial charge in [-0.1, -0.05) is 38.0 Å². The molecule has 0 saturated heterocycles. The molecule has 2 heteroatoms. The molecule has 0 heterocycles. The Morgan fingerprint density at radius 3 is 2.63 bits per heavy atom. The van der Waals surface area contributed by atoms with Crippen molar-refractivity contribution in [3.63, 3.8) is 0 Å². The van der Waals surface area contributed by atoms with Crippen molar-refractivity contribution < 1.29 is 4.74 Å². The standard InChI is InChI=1S/C17H27NO/c1-4-6-7-13-19-17-11-9-16(10-12-17)14-18-15(3)8-5-2/h5,9-12,15,18H,2,4,6-8,13-14H2,1,3H3. The summed E-state index contributed by atoms with van der Waals surface area (Å²) in [6, 6.07) is 8.84. The van der Waals surface area contributed by atoms with Crippen LogP contribution in [0.1, 0.15) is 45.1 Å². The van der Waals surface area contributed by atoms with Crippen molar-refractivity contribution in [1.82, 2.24) is 5.32 Å². The summed E-state index contributed by atoms with van der Waals surface area (Å²) in [6.45, 7) is 9.84. The van der Waals surface area contributed by atoms with E-state index in [0.29, 0.717) is 6.04 Å². The summed E-state index contributed by atoms with van der Waals surface area (Å²) < 4.78 is 5.69. The highest BCUT2D eigenvalue weighted by molar-refractivity contribution is 5.27. The highest BCUT2D eigenvalue weighted by Crippen LogP contribution is 2.13. The van der Waals surface area contributed by atoms with Crippen molar-refractivity contribution in [2.75, 3.05) is 6.61 Å². The van der Waals surface area contributed by atoms with E-state index in [0.717, 1.165) is 31.7 Å². The minimum absolute atomic E-state index is 0.475. The maximum atomic E-state index is 5.69. The maximum Gasteiger partial charge on any atom is 0.119 e. The van der Waals surface area contributed by atoms with Gasteiger partial charge in [-0.3, -0.25) is 0 Å². The topological polar surface area (TPSA) is 21.3 Å². The van der Waals surface area contributed by atoms with Gasteiger partial charge in [-0.05, 0) is 37.5 Å². The number of unbranched alkanes of at least 4 members (excludes halogenated alkanes) is 2. The summed E-state index contributed by atoms with van der Waals surface area (Å²) in [5, 5.41) is 3.47. The van der Waals surface area contributed by atoms with Gasteiger partial charge in [-0.25, -0.2) is 0 Å². The van der Waals surface area contributed by atoms with Gasteiger partial charge < -0.3 is 10.1 Å². The average molecular weight is 261 g/mol. The third-order valence-corrected chi connectivity index (χ3v) is 3.11. The van der Waals surface area contributed by atoms with Crippen LogP contribution in [0.2, 0.25) is 0 Å². The zero-order chi connectivity index (χ0) is 13.9. The molecular formula is C17H27NO. The van der Waals surface area contributed by atoms with E-state index in [-0.39, 0.29) is 0 Å². The van der Waals surface area contributed by atoms with Crippen molar-refractivity contribution in [2.24, 2.45) is 0 Å². The van der Waals surface area contributed by atoms with E-state index in [2.05, 4.69) is 50.0 Å². The maximum absolute atomic E-state index is 5.69. The van der Waals surface area contributed by atoms with Crippen molar-refractivity contribution in [1.29, 1.82) is 0 Å². The second kappa shape index (κ2) is 9.62. The highest BCUT2D eigenvalue weighted by Gasteiger charge is 1.99. The third kappa shape index (κ3) is 7.02. The van der Waals surface area contributed by atoms with E-state index in [1.807, 2.05) is 6.08 Å². The summed E-state index contributed by atoms with van der Waals surface area (Å²) in [4.78, 5) is 0. The minimum Gasteiger partial charge on any atom is -0.494 e. The Morgan fingerprint density at radius 2 is 2.00 bits per heavy atom. The summed E-state index contributed by atoms with van der Waals surface area (Å²) in [5.41, 5.74) is 1.29. The van der Waals surface area contributed by atoms with Crippen molar-refractivity contribution in [3.8, 4) is 5.75 Å². The number of benzene rings is 1. The fraction of sp³-hybridized carbons (Fsp3) is 0.529. The van der Waals surface area contributed by atoms with Gasteiger partial charge in [-0.15, -0.1) is 6.58 Å². The smallest absolute Gasteiger partial charge is 0.119 e. The quantitative estimate of drug-likeness (QED) is 0.500. The van der Waals surface area contributed by atoms with Crippen LogP contribution in [0.25, 0.3) is 0 Å². The summed E-state index contributed by atoms with van der Waals surface area (Å²) in [6.07, 6.45) is 6.56. The molecule has 106 valence electrons. The first-order valence-corrected chi connectivity index (χ1v) is 7.32. The van der Waals surface area contributed by atoms with E-state index in [1.165, 1.54) is 18.4 Å². The fourth-order valence-corrected chi connectivity index (χ4v) is 1.87. The largest absolute Gasteiger partial charge is 0.494 e. The Balaban J connectivity index is 2.28. The van der Waals surface area contributed by atoms with Crippen LogP contribution in [0.5, 0.6) is 5.75 Å². The predicted molar refractivity (Wildman–Crippen MR) is 82.6 cm³/mol. The fourth-order valence-electron chi connectivity index (χ4n) is 1.87. The third-order valence-electron chi connectivity index (χ3n) is 3.11. The number of rotatable bonds is 10. The van der Waals surface area contributed by atoms with Crippen LogP contribution in [0, 0.1) is 0 Å². The second-order valence-electron chi connectivity index (χ2n) is 5.01. The van der Waals surface area contributed by atoms with Crippen LogP contribution in [0.4, 0.5) is 0 Å². The van der Waals surface area contributed by atoms with Crippen molar-refractivity contribution in [2.45, 2.75) is 52.1 Å². The van der Waals surface area contributed by atoms with Gasteiger partial charge in [0.2, 0.25) is 0 Å². The first-order valence-electron chi connectivity index (χ1n) is 7.32. The molecule has 1 rings (SSSR count). The van der Waals surface area contributed by atoms with Gasteiger partial charge >= 0.3 is 0 Å². The molecule has 0 amide bonds. The molecule has 1 aromatic rings. The number of hydrogen-bond acceptors (Lipinski definition) is 2. The predicted octanol–water partition coefficient (Wildman–Crippen LogP) is 4.31. The molecule has 0 aliphatic rings. The Hall–Kier alpha value is -1.28. The molecule has 0 spiro atoms. The van der Waals surface area contributed by atoms with Gasteiger partial charge in [0.05, 0.1) is 6.61 Å². The number of ether oxygens (including phenoxy) is 1. The summed E-state index contributed by atoms with van der Waals surface area (Å²) in [7, 11) is 0. The lowest BCUT2D eigenvalue weighted by Gasteiger charge is -2.12. The van der Waals surface area contributed by atoms with Gasteiger partial charge in [0.25, 0.3) is 0 Å². The van der Waals surface area contributed by atoms with Crippen LogP contribution < -0.4 is 10.1 Å². The minimum atomic E-state index is 0.475. The Bertz CT molecular complexity index is 345. The second-order valence-corrected chi connectivity index (χ2v) is 5.01. The summed E-state index contributed by atoms with van der Waals surface area (Å²) >= 11 is 0. The molecule has 19 heavy (non-hydrogen) atoms. The molecule has 0 saturated carbocycles. The van der Waals surface area contributed by atoms with Crippen LogP contribution in [-0.4, -0.2) is 12.6 Å². The molecule has 1 N–H and O–H groups in total. The first kappa shape index (κ1) is 15.8. The molecule has 0 fully saturated rings. The molecule has 0 aliphatic carbocycles. The van der Waals surface area contributed by atoms with E-state index in [1.54, 1.807) is 0 Å². The van der Waals surface area contributed by atoms with Crippen molar-refractivity contribution in [3.05, 3.63) is 42.5 Å². The number of nitrogens with one attached hydrogen (secondary N) is 1. The molecule has 1 unspecified atom stereocenters. The van der Waals surface area contributed by atoms with Gasteiger partial charge in [0, 0.05) is 12.6 Å². The average Bonchev–Trinajstić information content (AvgIpc) is 2.43. The van der Waals surface area contributed by atoms with Crippen LogP contribution in [-0.2, 0) is 6.54 Å². The van der Waals surface area contributed by atoms with Gasteiger partial charge in [-0.2, -0.15) is 0 Å². The Kier molecular flexibility index (Phi) is 7.99. The van der Waals surface area contributed by atoms with Crippen molar-refractivity contribution >= 4 is 0 Å².